The molecule has 2 aromatic rings. The Morgan fingerprint density at radius 1 is 0.682 bits per heavy atom. The van der Waals surface area contributed by atoms with Crippen LogP contribution < -0.4 is 69.3 Å². The summed E-state index contributed by atoms with van der Waals surface area (Å²) in [6.07, 6.45) is 0. The number of hydrogen-bond donors (Lipinski definition) is 0. The topological polar surface area (TPSA) is 80.3 Å². The maximum absolute atomic E-state index is 11.0. The molecule has 0 spiro atoms. The van der Waals surface area contributed by atoms with Crippen molar-refractivity contribution >= 4 is 33.5 Å². The molecule has 2 aromatic carbocycles. The largest absolute Gasteiger partial charge is 1.00 e. The van der Waals surface area contributed by atoms with Crippen molar-refractivity contribution in [1.82, 2.24) is 0 Å². The second-order valence-corrected chi connectivity index (χ2v) is 5.95. The Morgan fingerprint density at radius 2 is 1.00 bits per heavy atom. The van der Waals surface area contributed by atoms with Crippen molar-refractivity contribution in [1.29, 1.82) is 0 Å². The summed E-state index contributed by atoms with van der Waals surface area (Å²) in [5.41, 5.74) is 0.159. The van der Waals surface area contributed by atoms with Crippen LogP contribution in [0.5, 0.6) is 0 Å². The Hall–Kier alpha value is 0.0800. The first-order chi connectivity index (χ1) is 9.59. The van der Waals surface area contributed by atoms with E-state index in [1.807, 2.05) is 0 Å². The molecule has 0 aliphatic rings. The van der Waals surface area contributed by atoms with Crippen LogP contribution in [0.15, 0.2) is 58.3 Å². The van der Waals surface area contributed by atoms with Gasteiger partial charge in [0.25, 0.3) is 0 Å². The minimum Gasteiger partial charge on any atom is -0.545 e. The minimum atomic E-state index is -1.26. The van der Waals surface area contributed by atoms with Crippen molar-refractivity contribution in [3.8, 4) is 0 Å². The predicted octanol–water partition coefficient (Wildman–Crippen LogP) is -4.78. The van der Waals surface area contributed by atoms with Gasteiger partial charge in [-0.1, -0.05) is 58.0 Å². The molecule has 0 amide bonds. The van der Waals surface area contributed by atoms with Gasteiger partial charge in [0.05, 0.1) is 11.9 Å². The van der Waals surface area contributed by atoms with Gasteiger partial charge in [-0.15, -0.1) is 0 Å². The van der Waals surface area contributed by atoms with Gasteiger partial charge in [-0.2, -0.15) is 0 Å². The summed E-state index contributed by atoms with van der Waals surface area (Å²) in [5, 5.41) is 21.9. The van der Waals surface area contributed by atoms with Gasteiger partial charge in [0.1, 0.15) is 0 Å². The standard InChI is InChI=1S/C14H10O4S2.2Na/c15-13(16)9-5-1-3-7-11(9)19-20-12-8-4-2-6-10(12)14(17)18;;/h1-8H,(H,15,16)(H,17,18);;/q;2*+1/p-2. The van der Waals surface area contributed by atoms with Crippen LogP contribution in [-0.2, 0) is 0 Å². The van der Waals surface area contributed by atoms with Crippen molar-refractivity contribution in [2.75, 3.05) is 0 Å². The molecule has 0 fully saturated rings. The third-order valence-corrected chi connectivity index (χ3v) is 4.92. The quantitative estimate of drug-likeness (QED) is 0.398. The average molecular weight is 350 g/mol. The number of carboxylic acids is 2. The van der Waals surface area contributed by atoms with Crippen LogP contribution >= 0.6 is 21.6 Å². The molecule has 4 nitrogen and oxygen atoms in total. The third-order valence-electron chi connectivity index (χ3n) is 2.44. The molecular formula is C14H8Na2O4S2. The summed E-state index contributed by atoms with van der Waals surface area (Å²) in [4.78, 5) is 23.0. The monoisotopic (exact) mass is 350 g/mol. The minimum absolute atomic E-state index is 0. The molecule has 0 radical (unpaired) electrons. The molecule has 102 valence electrons. The van der Waals surface area contributed by atoms with Gasteiger partial charge >= 0.3 is 59.1 Å². The van der Waals surface area contributed by atoms with Crippen molar-refractivity contribution < 1.29 is 78.9 Å². The van der Waals surface area contributed by atoms with Crippen molar-refractivity contribution in [2.45, 2.75) is 9.79 Å². The summed E-state index contributed by atoms with van der Waals surface area (Å²) >= 11 is 0. The van der Waals surface area contributed by atoms with E-state index in [1.54, 1.807) is 36.4 Å². The molecule has 0 unspecified atom stereocenters. The summed E-state index contributed by atoms with van der Waals surface area (Å²) in [6, 6.07) is 12.8. The fourth-order valence-electron chi connectivity index (χ4n) is 1.51. The van der Waals surface area contributed by atoms with Crippen LogP contribution in [0.25, 0.3) is 0 Å². The van der Waals surface area contributed by atoms with Crippen molar-refractivity contribution in [3.63, 3.8) is 0 Å². The van der Waals surface area contributed by atoms with Crippen molar-refractivity contribution in [2.24, 2.45) is 0 Å². The molecule has 0 aromatic heterocycles. The maximum atomic E-state index is 11.0. The number of rotatable bonds is 5. The maximum Gasteiger partial charge on any atom is 1.00 e. The van der Waals surface area contributed by atoms with Gasteiger partial charge in [-0.25, -0.2) is 0 Å². The smallest absolute Gasteiger partial charge is 0.545 e. The molecule has 22 heavy (non-hydrogen) atoms. The van der Waals surface area contributed by atoms with Gasteiger partial charge in [0.2, 0.25) is 0 Å². The van der Waals surface area contributed by atoms with Crippen LogP contribution in [0.3, 0.4) is 0 Å². The van der Waals surface area contributed by atoms with Gasteiger partial charge in [0, 0.05) is 20.9 Å². The molecular weight excluding hydrogens is 342 g/mol. The fourth-order valence-corrected chi connectivity index (χ4v) is 3.85. The zero-order valence-electron chi connectivity index (χ0n) is 12.1. The van der Waals surface area contributed by atoms with Crippen LogP contribution in [0.1, 0.15) is 20.7 Å². The summed E-state index contributed by atoms with van der Waals surface area (Å²) in [5.74, 6) is -2.52. The van der Waals surface area contributed by atoms with Crippen LogP contribution in [0.4, 0.5) is 0 Å². The zero-order valence-corrected chi connectivity index (χ0v) is 17.7. The number of benzene rings is 2. The molecule has 0 bridgehead atoms. The number of aromatic carboxylic acids is 2. The first-order valence-corrected chi connectivity index (χ1v) is 7.70. The number of carbonyl (C=O) groups is 2. The van der Waals surface area contributed by atoms with Gasteiger partial charge in [-0.05, 0) is 12.1 Å². The first kappa shape index (κ1) is 22.1. The third kappa shape index (κ3) is 5.94. The van der Waals surface area contributed by atoms with E-state index in [9.17, 15) is 19.8 Å². The zero-order chi connectivity index (χ0) is 14.5. The predicted molar refractivity (Wildman–Crippen MR) is 73.3 cm³/mol. The number of hydrogen-bond acceptors (Lipinski definition) is 6. The molecule has 0 heterocycles. The van der Waals surface area contributed by atoms with Gasteiger partial charge < -0.3 is 19.8 Å². The van der Waals surface area contributed by atoms with Gasteiger partial charge in [0.15, 0.2) is 0 Å². The fraction of sp³-hybridized carbons (Fsp3) is 0. The number of carbonyl (C=O) groups excluding carboxylic acids is 2. The Morgan fingerprint density at radius 3 is 1.32 bits per heavy atom. The van der Waals surface area contributed by atoms with Gasteiger partial charge in [-0.3, -0.25) is 0 Å². The SMILES string of the molecule is O=C([O-])c1ccccc1SSc1ccccc1C(=O)[O-].[Na+].[Na+]. The average Bonchev–Trinajstić information content (AvgIpc) is 2.45. The van der Waals surface area contributed by atoms with Crippen LogP contribution in [0, 0.1) is 0 Å². The molecule has 0 saturated heterocycles. The summed E-state index contributed by atoms with van der Waals surface area (Å²) in [6.45, 7) is 0. The molecule has 0 N–H and O–H groups in total. The summed E-state index contributed by atoms with van der Waals surface area (Å²) in [7, 11) is 2.33. The molecule has 8 heteroatoms. The molecule has 0 aliphatic carbocycles. The summed E-state index contributed by atoms with van der Waals surface area (Å²) < 4.78 is 0. The van der Waals surface area contributed by atoms with E-state index in [2.05, 4.69) is 0 Å². The Labute approximate surface area is 180 Å². The molecule has 2 rings (SSSR count). The van der Waals surface area contributed by atoms with E-state index >= 15 is 0 Å². The van der Waals surface area contributed by atoms with E-state index in [1.165, 1.54) is 12.1 Å². The molecule has 0 saturated carbocycles. The normalized spacial score (nSPS) is 9.27. The molecule has 0 aliphatic heterocycles. The first-order valence-electron chi connectivity index (χ1n) is 5.55. The Kier molecular flexibility index (Phi) is 10.8. The second kappa shape index (κ2) is 10.8. The van der Waals surface area contributed by atoms with E-state index in [0.717, 1.165) is 21.6 Å². The van der Waals surface area contributed by atoms with Crippen LogP contribution in [0.2, 0.25) is 0 Å². The van der Waals surface area contributed by atoms with Crippen LogP contribution in [-0.4, -0.2) is 11.9 Å². The number of carboxylic acid groups (broad SMARTS) is 2. The van der Waals surface area contributed by atoms with E-state index in [4.69, 9.17) is 0 Å². The molecule has 0 atom stereocenters. The Bertz CT molecular complexity index is 607. The second-order valence-electron chi connectivity index (χ2n) is 3.73. The van der Waals surface area contributed by atoms with Crippen molar-refractivity contribution in [3.05, 3.63) is 59.7 Å². The van der Waals surface area contributed by atoms with E-state index in [0.29, 0.717) is 9.79 Å². The van der Waals surface area contributed by atoms with E-state index < -0.39 is 11.9 Å². The van der Waals surface area contributed by atoms with E-state index in [-0.39, 0.29) is 70.2 Å². The Balaban J connectivity index is 0.00000220.